The Morgan fingerprint density at radius 2 is 2.38 bits per heavy atom. The van der Waals surface area contributed by atoms with E-state index in [1.165, 1.54) is 0 Å². The molecule has 0 aromatic carbocycles. The van der Waals surface area contributed by atoms with Gasteiger partial charge in [-0.2, -0.15) is 5.10 Å². The molecule has 0 aliphatic heterocycles. The predicted molar refractivity (Wildman–Crippen MR) is 55.1 cm³/mol. The molecule has 1 heterocycles. The molecule has 0 amide bonds. The van der Waals surface area contributed by atoms with Crippen LogP contribution in [0.1, 0.15) is 13.8 Å². The fraction of sp³-hybridized carbons (Fsp3) is 0.625. The van der Waals surface area contributed by atoms with Gasteiger partial charge in [0.25, 0.3) is 0 Å². The summed E-state index contributed by atoms with van der Waals surface area (Å²) in [6, 6.07) is 0. The van der Waals surface area contributed by atoms with Crippen LogP contribution < -0.4 is 5.73 Å². The molecule has 13 heavy (non-hydrogen) atoms. The summed E-state index contributed by atoms with van der Waals surface area (Å²) < 4.78 is 7.85. The second-order valence-electron chi connectivity index (χ2n) is 3.30. The number of anilines is 1. The maximum absolute atomic E-state index is 5.54. The highest BCUT2D eigenvalue weighted by Crippen LogP contribution is 2.15. The van der Waals surface area contributed by atoms with Gasteiger partial charge in [0.15, 0.2) is 5.82 Å². The largest absolute Gasteiger partial charge is 0.381 e. The molecule has 1 rings (SSSR count). The third-order valence-corrected chi connectivity index (χ3v) is 2.03. The van der Waals surface area contributed by atoms with Gasteiger partial charge in [0, 0.05) is 6.20 Å². The van der Waals surface area contributed by atoms with Crippen LogP contribution in [0, 0.1) is 5.92 Å². The molecule has 1 aromatic heterocycles. The molecule has 0 unspecified atom stereocenters. The minimum Gasteiger partial charge on any atom is -0.381 e. The summed E-state index contributed by atoms with van der Waals surface area (Å²) >= 11 is 3.27. The maximum atomic E-state index is 5.54. The van der Waals surface area contributed by atoms with Gasteiger partial charge in [-0.15, -0.1) is 0 Å². The van der Waals surface area contributed by atoms with Crippen molar-refractivity contribution in [3.63, 3.8) is 0 Å². The van der Waals surface area contributed by atoms with Gasteiger partial charge in [0.05, 0.1) is 11.1 Å². The maximum Gasteiger partial charge on any atom is 0.159 e. The molecular formula is C8H14BrN3O. The Morgan fingerprint density at radius 3 is 2.85 bits per heavy atom. The average Bonchev–Trinajstić information content (AvgIpc) is 2.30. The molecule has 0 atom stereocenters. The molecular weight excluding hydrogens is 234 g/mol. The van der Waals surface area contributed by atoms with Crippen LogP contribution >= 0.6 is 15.9 Å². The van der Waals surface area contributed by atoms with Crippen molar-refractivity contribution in [3.05, 3.63) is 10.7 Å². The van der Waals surface area contributed by atoms with E-state index in [1.807, 2.05) is 0 Å². The Balaban J connectivity index is 2.37. The molecule has 0 saturated heterocycles. The van der Waals surface area contributed by atoms with Crippen LogP contribution in [0.4, 0.5) is 5.82 Å². The molecule has 1 aromatic rings. The quantitative estimate of drug-likeness (QED) is 0.884. The summed E-state index contributed by atoms with van der Waals surface area (Å²) in [6.07, 6.45) is 1.80. The van der Waals surface area contributed by atoms with Crippen molar-refractivity contribution in [2.45, 2.75) is 20.6 Å². The zero-order valence-corrected chi connectivity index (χ0v) is 9.41. The Bertz CT molecular complexity index is 253. The number of hydrogen-bond acceptors (Lipinski definition) is 3. The number of rotatable bonds is 4. The highest BCUT2D eigenvalue weighted by atomic mass is 79.9. The normalized spacial score (nSPS) is 11.1. The number of hydrogen-bond donors (Lipinski definition) is 1. The predicted octanol–water partition coefficient (Wildman–Crippen LogP) is 1.86. The monoisotopic (exact) mass is 247 g/mol. The van der Waals surface area contributed by atoms with Gasteiger partial charge in [-0.25, -0.2) is 4.68 Å². The summed E-state index contributed by atoms with van der Waals surface area (Å²) in [5.41, 5.74) is 5.54. The van der Waals surface area contributed by atoms with Gasteiger partial charge in [-0.05, 0) is 21.8 Å². The topological polar surface area (TPSA) is 53.1 Å². The van der Waals surface area contributed by atoms with E-state index in [2.05, 4.69) is 34.9 Å². The average molecular weight is 248 g/mol. The van der Waals surface area contributed by atoms with Crippen LogP contribution in [0.5, 0.6) is 0 Å². The van der Waals surface area contributed by atoms with Crippen molar-refractivity contribution >= 4 is 21.7 Å². The molecule has 0 aliphatic rings. The first-order chi connectivity index (χ1) is 6.09. The first-order valence-electron chi connectivity index (χ1n) is 4.15. The van der Waals surface area contributed by atoms with E-state index in [4.69, 9.17) is 10.5 Å². The van der Waals surface area contributed by atoms with Crippen molar-refractivity contribution in [2.24, 2.45) is 5.92 Å². The van der Waals surface area contributed by atoms with Crippen LogP contribution in [0.3, 0.4) is 0 Å². The molecule has 0 bridgehead atoms. The lowest BCUT2D eigenvalue weighted by molar-refractivity contribution is 0.0506. The van der Waals surface area contributed by atoms with Crippen LogP contribution in [-0.4, -0.2) is 16.4 Å². The number of halogens is 1. The Morgan fingerprint density at radius 1 is 1.69 bits per heavy atom. The number of ether oxygens (including phenoxy) is 1. The number of nitrogens with zero attached hydrogens (tertiary/aromatic N) is 2. The van der Waals surface area contributed by atoms with E-state index in [9.17, 15) is 0 Å². The highest BCUT2D eigenvalue weighted by molar-refractivity contribution is 9.10. The van der Waals surface area contributed by atoms with Gasteiger partial charge in [-0.1, -0.05) is 13.8 Å². The zero-order valence-electron chi connectivity index (χ0n) is 7.83. The Kier molecular flexibility index (Phi) is 3.74. The second-order valence-corrected chi connectivity index (χ2v) is 4.15. The molecule has 0 spiro atoms. The minimum absolute atomic E-state index is 0.452. The fourth-order valence-corrected chi connectivity index (χ4v) is 1.18. The molecule has 5 heteroatoms. The Hall–Kier alpha value is -0.550. The van der Waals surface area contributed by atoms with Crippen LogP contribution in [0.2, 0.25) is 0 Å². The van der Waals surface area contributed by atoms with E-state index < -0.39 is 0 Å². The van der Waals surface area contributed by atoms with Gasteiger partial charge in [0.2, 0.25) is 0 Å². The third-order valence-electron chi connectivity index (χ3n) is 1.42. The van der Waals surface area contributed by atoms with Crippen molar-refractivity contribution in [1.29, 1.82) is 0 Å². The molecule has 74 valence electrons. The highest BCUT2D eigenvalue weighted by Gasteiger charge is 2.01. The van der Waals surface area contributed by atoms with Crippen molar-refractivity contribution < 1.29 is 4.74 Å². The smallest absolute Gasteiger partial charge is 0.159 e. The standard InChI is InChI=1S/C8H14BrN3O/c1-6(2)4-13-5-12-3-7(9)8(10)11-12/h3,6H,4-5H2,1-2H3,(H2,10,11). The van der Waals surface area contributed by atoms with E-state index in [1.54, 1.807) is 10.9 Å². The summed E-state index contributed by atoms with van der Waals surface area (Å²) in [5, 5.41) is 4.03. The minimum atomic E-state index is 0.452. The first kappa shape index (κ1) is 10.5. The molecule has 0 radical (unpaired) electrons. The second kappa shape index (κ2) is 4.62. The van der Waals surface area contributed by atoms with E-state index in [-0.39, 0.29) is 0 Å². The summed E-state index contributed by atoms with van der Waals surface area (Å²) in [4.78, 5) is 0. The third kappa shape index (κ3) is 3.36. The molecule has 0 fully saturated rings. The molecule has 2 N–H and O–H groups in total. The van der Waals surface area contributed by atoms with E-state index in [0.29, 0.717) is 18.5 Å². The molecule has 4 nitrogen and oxygen atoms in total. The van der Waals surface area contributed by atoms with E-state index >= 15 is 0 Å². The molecule has 0 aliphatic carbocycles. The molecule has 0 saturated carbocycles. The SMILES string of the molecule is CC(C)COCn1cc(Br)c(N)n1. The summed E-state index contributed by atoms with van der Waals surface area (Å²) in [6.45, 7) is 5.39. The number of nitrogens with two attached hydrogens (primary N) is 1. The van der Waals surface area contributed by atoms with Gasteiger partial charge in [0.1, 0.15) is 6.73 Å². The van der Waals surface area contributed by atoms with Crippen molar-refractivity contribution in [2.75, 3.05) is 12.3 Å². The summed E-state index contributed by atoms with van der Waals surface area (Å²) in [5.74, 6) is 1.03. The van der Waals surface area contributed by atoms with Gasteiger partial charge in [-0.3, -0.25) is 0 Å². The van der Waals surface area contributed by atoms with Gasteiger partial charge >= 0.3 is 0 Å². The van der Waals surface area contributed by atoms with E-state index in [0.717, 1.165) is 11.1 Å². The Labute approximate surface area is 86.2 Å². The summed E-state index contributed by atoms with van der Waals surface area (Å²) in [7, 11) is 0. The fourth-order valence-electron chi connectivity index (χ4n) is 0.860. The number of nitrogen functional groups attached to an aromatic ring is 1. The lowest BCUT2D eigenvalue weighted by Crippen LogP contribution is -2.07. The van der Waals surface area contributed by atoms with Crippen LogP contribution in [0.25, 0.3) is 0 Å². The lowest BCUT2D eigenvalue weighted by Gasteiger charge is -2.05. The van der Waals surface area contributed by atoms with Gasteiger partial charge < -0.3 is 10.5 Å². The van der Waals surface area contributed by atoms with Crippen LogP contribution in [-0.2, 0) is 11.5 Å². The lowest BCUT2D eigenvalue weighted by atomic mass is 10.2. The van der Waals surface area contributed by atoms with Crippen molar-refractivity contribution in [1.82, 2.24) is 9.78 Å². The van der Waals surface area contributed by atoms with Crippen LogP contribution in [0.15, 0.2) is 10.7 Å². The van der Waals surface area contributed by atoms with Crippen molar-refractivity contribution in [3.8, 4) is 0 Å². The zero-order chi connectivity index (χ0) is 9.84. The number of aromatic nitrogens is 2. The first-order valence-corrected chi connectivity index (χ1v) is 4.95.